The smallest absolute Gasteiger partial charge is 0.356 e. The average Bonchev–Trinajstić information content (AvgIpc) is 2.82. The molecule has 0 aliphatic heterocycles. The number of aryl methyl sites for hydroxylation is 1. The maximum Gasteiger partial charge on any atom is 0.356 e. The molecule has 0 saturated carbocycles. The van der Waals surface area contributed by atoms with Crippen molar-refractivity contribution in [2.45, 2.75) is 6.92 Å². The van der Waals surface area contributed by atoms with Crippen LogP contribution in [0.4, 0.5) is 0 Å². The van der Waals surface area contributed by atoms with E-state index in [1.165, 1.54) is 7.11 Å². The van der Waals surface area contributed by atoms with Gasteiger partial charge in [-0.2, -0.15) is 0 Å². The number of nitrogens with one attached hydrogen (secondary N) is 1. The number of carbonyl (C=O) groups excluding carboxylic acids is 1. The number of hydrogen-bond acceptors (Lipinski definition) is 4. The summed E-state index contributed by atoms with van der Waals surface area (Å²) in [7, 11) is 1.30. The van der Waals surface area contributed by atoms with E-state index in [1.54, 1.807) is 23.6 Å². The molecule has 106 valence electrons. The Labute approximate surface area is 120 Å². The molecule has 0 atom stereocenters. The fourth-order valence-electron chi connectivity index (χ4n) is 2.30. The Hall–Kier alpha value is -2.89. The van der Waals surface area contributed by atoms with Gasteiger partial charge in [0.25, 0.3) is 0 Å². The van der Waals surface area contributed by atoms with Crippen LogP contribution >= 0.6 is 0 Å². The number of pyridine rings is 1. The first-order chi connectivity index (χ1) is 10.1. The summed E-state index contributed by atoms with van der Waals surface area (Å²) < 4.78 is 6.18. The van der Waals surface area contributed by atoms with Gasteiger partial charge in [-0.15, -0.1) is 0 Å². The molecule has 3 aromatic rings. The van der Waals surface area contributed by atoms with Crippen molar-refractivity contribution >= 4 is 17.0 Å². The zero-order valence-electron chi connectivity index (χ0n) is 11.6. The van der Waals surface area contributed by atoms with Crippen LogP contribution < -0.4 is 5.69 Å². The fraction of sp³-hybridized carbons (Fsp3) is 0.133. The molecule has 0 unspecified atom stereocenters. The molecule has 21 heavy (non-hydrogen) atoms. The van der Waals surface area contributed by atoms with Crippen molar-refractivity contribution in [3.8, 4) is 5.69 Å². The lowest BCUT2D eigenvalue weighted by molar-refractivity contribution is 0.0594. The third-order valence-corrected chi connectivity index (χ3v) is 3.28. The van der Waals surface area contributed by atoms with Gasteiger partial charge < -0.3 is 9.72 Å². The van der Waals surface area contributed by atoms with Crippen molar-refractivity contribution in [2.24, 2.45) is 0 Å². The number of fused-ring (bicyclic) bond motifs is 1. The molecule has 2 aromatic heterocycles. The molecule has 6 nitrogen and oxygen atoms in total. The van der Waals surface area contributed by atoms with Gasteiger partial charge >= 0.3 is 11.7 Å². The minimum Gasteiger partial charge on any atom is -0.464 e. The number of aromatic amines is 1. The number of methoxy groups -OCH3 is 1. The molecule has 6 heteroatoms. The molecule has 2 heterocycles. The summed E-state index contributed by atoms with van der Waals surface area (Å²) in [5, 5.41) is 0. The summed E-state index contributed by atoms with van der Waals surface area (Å²) in [6.07, 6.45) is 0. The lowest BCUT2D eigenvalue weighted by Crippen LogP contribution is -2.17. The molecule has 3 rings (SSSR count). The molecule has 1 aromatic carbocycles. The van der Waals surface area contributed by atoms with Gasteiger partial charge in [0, 0.05) is 0 Å². The molecule has 1 N–H and O–H groups in total. The number of aromatic nitrogens is 3. The highest BCUT2D eigenvalue weighted by Gasteiger charge is 2.14. The zero-order valence-corrected chi connectivity index (χ0v) is 11.6. The van der Waals surface area contributed by atoms with Crippen molar-refractivity contribution in [2.75, 3.05) is 7.11 Å². The van der Waals surface area contributed by atoms with Crippen molar-refractivity contribution in [1.29, 1.82) is 0 Å². The number of rotatable bonds is 2. The van der Waals surface area contributed by atoms with E-state index in [-0.39, 0.29) is 11.4 Å². The number of hydrogen-bond donors (Lipinski definition) is 1. The molecular formula is C15H13N3O3. The van der Waals surface area contributed by atoms with E-state index in [4.69, 9.17) is 0 Å². The predicted molar refractivity (Wildman–Crippen MR) is 77.8 cm³/mol. The van der Waals surface area contributed by atoms with Gasteiger partial charge in [-0.3, -0.25) is 4.57 Å². The summed E-state index contributed by atoms with van der Waals surface area (Å²) in [5.41, 5.74) is 2.69. The Morgan fingerprint density at radius 2 is 2.00 bits per heavy atom. The van der Waals surface area contributed by atoms with Crippen LogP contribution in [-0.2, 0) is 4.74 Å². The topological polar surface area (TPSA) is 77.0 Å². The lowest BCUT2D eigenvalue weighted by Gasteiger charge is -2.08. The van der Waals surface area contributed by atoms with E-state index in [2.05, 4.69) is 14.7 Å². The molecule has 0 bridgehead atoms. The highest BCUT2D eigenvalue weighted by Crippen LogP contribution is 2.17. The van der Waals surface area contributed by atoms with Crippen LogP contribution in [0.5, 0.6) is 0 Å². The van der Waals surface area contributed by atoms with Crippen LogP contribution in [-0.4, -0.2) is 27.6 Å². The van der Waals surface area contributed by atoms with E-state index in [0.29, 0.717) is 11.4 Å². The Kier molecular flexibility index (Phi) is 3.06. The first-order valence-corrected chi connectivity index (χ1v) is 6.38. The second-order valence-electron chi connectivity index (χ2n) is 4.58. The maximum absolute atomic E-state index is 12.2. The predicted octanol–water partition coefficient (Wildman–Crippen LogP) is 1.81. The van der Waals surface area contributed by atoms with Crippen molar-refractivity contribution in [3.05, 3.63) is 58.3 Å². The van der Waals surface area contributed by atoms with E-state index < -0.39 is 5.97 Å². The van der Waals surface area contributed by atoms with E-state index >= 15 is 0 Å². The molecule has 0 radical (unpaired) electrons. The van der Waals surface area contributed by atoms with Gasteiger partial charge in [-0.1, -0.05) is 12.1 Å². The molecule has 0 aliphatic carbocycles. The van der Waals surface area contributed by atoms with Gasteiger partial charge in [0.05, 0.1) is 29.5 Å². The second-order valence-corrected chi connectivity index (χ2v) is 4.58. The van der Waals surface area contributed by atoms with Gasteiger partial charge in [0.15, 0.2) is 0 Å². The highest BCUT2D eigenvalue weighted by molar-refractivity contribution is 5.87. The molecule has 0 saturated heterocycles. The quantitative estimate of drug-likeness (QED) is 0.728. The maximum atomic E-state index is 12.2. The number of para-hydroxylation sites is 2. The van der Waals surface area contributed by atoms with E-state index in [1.807, 2.05) is 24.3 Å². The van der Waals surface area contributed by atoms with E-state index in [0.717, 1.165) is 11.0 Å². The molecule has 0 fully saturated rings. The minimum atomic E-state index is -0.504. The number of nitrogens with zero attached hydrogens (tertiary/aromatic N) is 2. The van der Waals surface area contributed by atoms with Crippen molar-refractivity contribution in [1.82, 2.24) is 14.5 Å². The Morgan fingerprint density at radius 3 is 2.71 bits per heavy atom. The first kappa shape index (κ1) is 13.1. The number of ether oxygens (including phenoxy) is 1. The van der Waals surface area contributed by atoms with Crippen LogP contribution in [0.1, 0.15) is 16.2 Å². The molecule has 0 spiro atoms. The van der Waals surface area contributed by atoms with E-state index in [9.17, 15) is 9.59 Å². The number of benzene rings is 1. The standard InChI is InChI=1S/C15H13N3O3/c1-9-12(8-7-11(16-9)14(19)21-2)18-13-6-4-3-5-10(13)17-15(18)20/h3-8H,1-2H3,(H,17,20). The average molecular weight is 283 g/mol. The first-order valence-electron chi connectivity index (χ1n) is 6.38. The summed E-state index contributed by atoms with van der Waals surface area (Å²) in [6, 6.07) is 10.6. The van der Waals surface area contributed by atoms with Gasteiger partial charge in [-0.25, -0.2) is 14.6 Å². The Balaban J connectivity index is 2.22. The molecule has 0 amide bonds. The van der Waals surface area contributed by atoms with Crippen LogP contribution in [0.15, 0.2) is 41.2 Å². The number of imidazole rings is 1. The van der Waals surface area contributed by atoms with Crippen LogP contribution in [0.2, 0.25) is 0 Å². The molecule has 0 aliphatic rings. The summed E-state index contributed by atoms with van der Waals surface area (Å²) in [5.74, 6) is -0.504. The monoisotopic (exact) mass is 283 g/mol. The van der Waals surface area contributed by atoms with Crippen LogP contribution in [0, 0.1) is 6.92 Å². The molecular weight excluding hydrogens is 270 g/mol. The summed E-state index contributed by atoms with van der Waals surface area (Å²) in [4.78, 5) is 30.6. The Bertz CT molecular complexity index is 893. The van der Waals surface area contributed by atoms with Gasteiger partial charge in [-0.05, 0) is 31.2 Å². The zero-order chi connectivity index (χ0) is 15.0. The largest absolute Gasteiger partial charge is 0.464 e. The van der Waals surface area contributed by atoms with Gasteiger partial charge in [0.1, 0.15) is 5.69 Å². The summed E-state index contributed by atoms with van der Waals surface area (Å²) >= 11 is 0. The fourth-order valence-corrected chi connectivity index (χ4v) is 2.30. The van der Waals surface area contributed by atoms with Crippen molar-refractivity contribution < 1.29 is 9.53 Å². The van der Waals surface area contributed by atoms with Crippen molar-refractivity contribution in [3.63, 3.8) is 0 Å². The number of esters is 1. The third kappa shape index (κ3) is 2.10. The highest BCUT2D eigenvalue weighted by atomic mass is 16.5. The van der Waals surface area contributed by atoms with Crippen LogP contribution in [0.25, 0.3) is 16.7 Å². The summed E-state index contributed by atoms with van der Waals surface area (Å²) in [6.45, 7) is 1.75. The minimum absolute atomic E-state index is 0.214. The third-order valence-electron chi connectivity index (χ3n) is 3.28. The lowest BCUT2D eigenvalue weighted by atomic mass is 10.2. The number of H-pyrrole nitrogens is 1. The normalized spacial score (nSPS) is 10.8. The Morgan fingerprint density at radius 1 is 1.24 bits per heavy atom. The SMILES string of the molecule is COC(=O)c1ccc(-n2c(=O)[nH]c3ccccc32)c(C)n1. The second kappa shape index (κ2) is 4.90. The van der Waals surface area contributed by atoms with Crippen LogP contribution in [0.3, 0.4) is 0 Å². The number of carbonyl (C=O) groups is 1. The van der Waals surface area contributed by atoms with Gasteiger partial charge in [0.2, 0.25) is 0 Å².